The molecule has 1 saturated heterocycles. The number of hydrogen-bond acceptors (Lipinski definition) is 5. The van der Waals surface area contributed by atoms with Crippen molar-refractivity contribution in [3.8, 4) is 0 Å². The van der Waals surface area contributed by atoms with Gasteiger partial charge in [0.25, 0.3) is 0 Å². The minimum Gasteiger partial charge on any atom is -0.346 e. The second-order valence-electron chi connectivity index (χ2n) is 4.95. The van der Waals surface area contributed by atoms with Crippen molar-refractivity contribution < 1.29 is 8.42 Å². The Morgan fingerprint density at radius 2 is 2.10 bits per heavy atom. The molecule has 108 valence electrons. The van der Waals surface area contributed by atoms with E-state index in [4.69, 9.17) is 0 Å². The van der Waals surface area contributed by atoms with Gasteiger partial charge in [0.2, 0.25) is 16.0 Å². The summed E-state index contributed by atoms with van der Waals surface area (Å²) in [5.41, 5.74) is 0.805. The number of anilines is 1. The maximum atomic E-state index is 11.6. The number of nitrogens with zero attached hydrogens (tertiary/aromatic N) is 4. The molecule has 0 spiro atoms. The third-order valence-corrected chi connectivity index (χ3v) is 4.80. The summed E-state index contributed by atoms with van der Waals surface area (Å²) < 4.78 is 24.7. The van der Waals surface area contributed by atoms with Crippen LogP contribution in [-0.4, -0.2) is 60.1 Å². The van der Waals surface area contributed by atoms with Crippen molar-refractivity contribution in [3.63, 3.8) is 0 Å². The van der Waals surface area contributed by atoms with Gasteiger partial charge < -0.3 is 9.88 Å². The number of rotatable bonds is 2. The van der Waals surface area contributed by atoms with E-state index in [1.165, 1.54) is 10.6 Å². The quantitative estimate of drug-likeness (QED) is 0.869. The molecule has 0 aliphatic carbocycles. The van der Waals surface area contributed by atoms with E-state index in [1.807, 2.05) is 17.2 Å². The average Bonchev–Trinajstić information content (AvgIpc) is 2.70. The molecule has 3 rings (SSSR count). The number of aromatic nitrogens is 3. The van der Waals surface area contributed by atoms with Crippen molar-refractivity contribution in [3.05, 3.63) is 18.5 Å². The monoisotopic (exact) mass is 295 g/mol. The highest BCUT2D eigenvalue weighted by molar-refractivity contribution is 7.88. The molecule has 0 radical (unpaired) electrons. The van der Waals surface area contributed by atoms with E-state index in [9.17, 15) is 8.42 Å². The fourth-order valence-electron chi connectivity index (χ4n) is 2.41. The topological polar surface area (TPSA) is 82.2 Å². The Bertz CT molecular complexity index is 711. The molecular weight excluding hydrogens is 278 g/mol. The molecule has 1 N–H and O–H groups in total. The summed E-state index contributed by atoms with van der Waals surface area (Å²) in [6, 6.07) is 1.92. The van der Waals surface area contributed by atoms with Gasteiger partial charge in [-0.1, -0.05) is 0 Å². The third-order valence-electron chi connectivity index (χ3n) is 3.49. The number of H-pyrrole nitrogens is 1. The SMILES string of the molecule is CS(=O)(=O)N1CCCN(c2ncc3cc[nH]c3n2)CC1. The average molecular weight is 295 g/mol. The van der Waals surface area contributed by atoms with E-state index in [2.05, 4.69) is 15.0 Å². The Labute approximate surface area is 117 Å². The van der Waals surface area contributed by atoms with E-state index in [1.54, 1.807) is 6.20 Å². The van der Waals surface area contributed by atoms with Crippen LogP contribution in [0, 0.1) is 0 Å². The highest BCUT2D eigenvalue weighted by Crippen LogP contribution is 2.16. The van der Waals surface area contributed by atoms with Crippen LogP contribution in [0.5, 0.6) is 0 Å². The van der Waals surface area contributed by atoms with Crippen molar-refractivity contribution in [1.82, 2.24) is 19.3 Å². The molecule has 1 aliphatic heterocycles. The lowest BCUT2D eigenvalue weighted by molar-refractivity contribution is 0.437. The number of sulfonamides is 1. The zero-order chi connectivity index (χ0) is 14.2. The van der Waals surface area contributed by atoms with E-state index in [0.29, 0.717) is 25.6 Å². The standard InChI is InChI=1S/C12H17N5O2S/c1-20(18,19)17-6-2-5-16(7-8-17)12-14-9-10-3-4-13-11(10)15-12/h3-4,9H,2,5-8H2,1H3,(H,13,14,15). The van der Waals surface area contributed by atoms with Crippen molar-refractivity contribution in [2.45, 2.75) is 6.42 Å². The Morgan fingerprint density at radius 1 is 1.25 bits per heavy atom. The van der Waals surface area contributed by atoms with Gasteiger partial charge >= 0.3 is 0 Å². The highest BCUT2D eigenvalue weighted by atomic mass is 32.2. The summed E-state index contributed by atoms with van der Waals surface area (Å²) in [7, 11) is -3.12. The Morgan fingerprint density at radius 3 is 2.90 bits per heavy atom. The minimum absolute atomic E-state index is 0.477. The van der Waals surface area contributed by atoms with Gasteiger partial charge in [0.05, 0.1) is 6.26 Å². The van der Waals surface area contributed by atoms with E-state index in [0.717, 1.165) is 24.0 Å². The minimum atomic E-state index is -3.12. The van der Waals surface area contributed by atoms with Crippen molar-refractivity contribution >= 4 is 27.0 Å². The first-order valence-corrected chi connectivity index (χ1v) is 8.39. The molecular formula is C12H17N5O2S. The van der Waals surface area contributed by atoms with Crippen LogP contribution in [-0.2, 0) is 10.0 Å². The predicted octanol–water partition coefficient (Wildman–Crippen LogP) is 0.430. The van der Waals surface area contributed by atoms with Crippen molar-refractivity contribution in [2.75, 3.05) is 37.3 Å². The fourth-order valence-corrected chi connectivity index (χ4v) is 3.28. The van der Waals surface area contributed by atoms with E-state index >= 15 is 0 Å². The van der Waals surface area contributed by atoms with Crippen molar-refractivity contribution in [2.24, 2.45) is 0 Å². The lowest BCUT2D eigenvalue weighted by Gasteiger charge is -2.20. The highest BCUT2D eigenvalue weighted by Gasteiger charge is 2.22. The Kier molecular flexibility index (Phi) is 3.35. The second kappa shape index (κ2) is 5.02. The number of hydrogen-bond donors (Lipinski definition) is 1. The zero-order valence-electron chi connectivity index (χ0n) is 11.3. The van der Waals surface area contributed by atoms with Crippen LogP contribution in [0.2, 0.25) is 0 Å². The van der Waals surface area contributed by atoms with Gasteiger partial charge in [0.1, 0.15) is 5.65 Å². The predicted molar refractivity (Wildman–Crippen MR) is 77.1 cm³/mol. The Balaban J connectivity index is 1.80. The molecule has 8 heteroatoms. The summed E-state index contributed by atoms with van der Waals surface area (Å²) in [6.07, 6.45) is 5.65. The van der Waals surface area contributed by atoms with E-state index < -0.39 is 10.0 Å². The van der Waals surface area contributed by atoms with Crippen molar-refractivity contribution in [1.29, 1.82) is 0 Å². The van der Waals surface area contributed by atoms with Crippen LogP contribution >= 0.6 is 0 Å². The molecule has 0 bridgehead atoms. The van der Waals surface area contributed by atoms with Gasteiger partial charge in [-0.25, -0.2) is 17.7 Å². The Hall–Kier alpha value is -1.67. The molecule has 0 atom stereocenters. The first-order chi connectivity index (χ1) is 9.54. The molecule has 7 nitrogen and oxygen atoms in total. The molecule has 1 aliphatic rings. The molecule has 2 aromatic rings. The summed E-state index contributed by atoms with van der Waals surface area (Å²) in [6.45, 7) is 2.41. The molecule has 2 aromatic heterocycles. The summed E-state index contributed by atoms with van der Waals surface area (Å²) in [5.74, 6) is 0.648. The number of nitrogens with one attached hydrogen (secondary N) is 1. The van der Waals surface area contributed by atoms with Crippen LogP contribution in [0.25, 0.3) is 11.0 Å². The first-order valence-electron chi connectivity index (χ1n) is 6.54. The van der Waals surface area contributed by atoms with E-state index in [-0.39, 0.29) is 0 Å². The summed E-state index contributed by atoms with van der Waals surface area (Å²) in [4.78, 5) is 13.9. The first kappa shape index (κ1) is 13.3. The molecule has 3 heterocycles. The second-order valence-corrected chi connectivity index (χ2v) is 6.94. The summed E-state index contributed by atoms with van der Waals surface area (Å²) in [5, 5.41) is 0.973. The van der Waals surface area contributed by atoms with Gasteiger partial charge in [0.15, 0.2) is 0 Å². The van der Waals surface area contributed by atoms with Crippen LogP contribution in [0.15, 0.2) is 18.5 Å². The number of aromatic amines is 1. The normalized spacial score (nSPS) is 18.4. The van der Waals surface area contributed by atoms with Crippen LogP contribution in [0.4, 0.5) is 5.95 Å². The largest absolute Gasteiger partial charge is 0.346 e. The lowest BCUT2D eigenvalue weighted by Crippen LogP contribution is -2.34. The zero-order valence-corrected chi connectivity index (χ0v) is 12.1. The lowest BCUT2D eigenvalue weighted by atomic mass is 10.4. The smallest absolute Gasteiger partial charge is 0.227 e. The van der Waals surface area contributed by atoms with Gasteiger partial charge in [-0.3, -0.25) is 0 Å². The maximum Gasteiger partial charge on any atom is 0.227 e. The van der Waals surface area contributed by atoms with Crippen LogP contribution in [0.1, 0.15) is 6.42 Å². The molecule has 0 aromatic carbocycles. The van der Waals surface area contributed by atoms with Gasteiger partial charge in [-0.15, -0.1) is 0 Å². The number of fused-ring (bicyclic) bond motifs is 1. The molecule has 1 fully saturated rings. The molecule has 20 heavy (non-hydrogen) atoms. The third kappa shape index (κ3) is 2.61. The van der Waals surface area contributed by atoms with Gasteiger partial charge in [0, 0.05) is 44.0 Å². The van der Waals surface area contributed by atoms with Crippen LogP contribution < -0.4 is 4.90 Å². The maximum absolute atomic E-state index is 11.6. The van der Waals surface area contributed by atoms with Gasteiger partial charge in [-0.05, 0) is 12.5 Å². The molecule has 0 amide bonds. The summed E-state index contributed by atoms with van der Waals surface area (Å²) >= 11 is 0. The van der Waals surface area contributed by atoms with Crippen LogP contribution in [0.3, 0.4) is 0 Å². The molecule has 0 saturated carbocycles. The molecule has 0 unspecified atom stereocenters. The van der Waals surface area contributed by atoms with Gasteiger partial charge in [-0.2, -0.15) is 4.98 Å². The fraction of sp³-hybridized carbons (Fsp3) is 0.500.